The van der Waals surface area contributed by atoms with Crippen LogP contribution in [0.25, 0.3) is 0 Å². The third-order valence-electron chi connectivity index (χ3n) is 9.14. The number of likely N-dealkylation sites (tertiary alicyclic amines) is 1. The van der Waals surface area contributed by atoms with Crippen LogP contribution in [0.4, 0.5) is 23.8 Å². The molecule has 5 rings (SSSR count). The summed E-state index contributed by atoms with van der Waals surface area (Å²) in [7, 11) is 0. The highest BCUT2D eigenvalue weighted by Crippen LogP contribution is 2.59. The average molecular weight is 755 g/mol. The number of nitrogens with one attached hydrogen (secondary N) is 2. The molecule has 11 nitrogen and oxygen atoms in total. The van der Waals surface area contributed by atoms with Crippen molar-refractivity contribution in [2.45, 2.75) is 108 Å². The fourth-order valence-electron chi connectivity index (χ4n) is 6.16. The predicted octanol–water partition coefficient (Wildman–Crippen LogP) is 8.07. The van der Waals surface area contributed by atoms with E-state index in [9.17, 15) is 22.8 Å². The quantitative estimate of drug-likeness (QED) is 0.111. The molecule has 2 unspecified atom stereocenters. The number of anilines is 1. The standard InChI is InChI=1S/C35H46ClF3N6O5S/c1-32(2,3)50-31(47)44-22-23(20-33(44,4)5)8-6-7-18-48-27-12-9-24(21-40-27)51-43-30(46)25-10-11-26(41-29(25)36)45-17-13-28(42-45)49-19-16-34(14-15-34)35(37,38)39/h9-13,17,21,23,28,42H,6-8,14-16,18-20,22H2,1-5H3,(H,43,46). The second-order valence-corrected chi connectivity index (χ2v) is 16.1. The predicted molar refractivity (Wildman–Crippen MR) is 188 cm³/mol. The van der Waals surface area contributed by atoms with Crippen molar-refractivity contribution >= 4 is 41.4 Å². The smallest absolute Gasteiger partial charge is 0.410 e. The van der Waals surface area contributed by atoms with E-state index in [1.54, 1.807) is 36.7 Å². The van der Waals surface area contributed by atoms with Gasteiger partial charge >= 0.3 is 12.3 Å². The number of pyridine rings is 2. The molecule has 2 N–H and O–H groups in total. The van der Waals surface area contributed by atoms with Gasteiger partial charge in [0.15, 0.2) is 0 Å². The van der Waals surface area contributed by atoms with Gasteiger partial charge in [-0.3, -0.25) is 14.5 Å². The highest BCUT2D eigenvalue weighted by molar-refractivity contribution is 7.98. The highest BCUT2D eigenvalue weighted by atomic mass is 35.5. The lowest BCUT2D eigenvalue weighted by atomic mass is 9.93. The van der Waals surface area contributed by atoms with Crippen molar-refractivity contribution in [3.8, 4) is 5.88 Å². The zero-order valence-corrected chi connectivity index (χ0v) is 31.1. The van der Waals surface area contributed by atoms with Crippen LogP contribution in [0.5, 0.6) is 5.88 Å². The number of hydrogen-bond donors (Lipinski definition) is 2. The van der Waals surface area contributed by atoms with Crippen LogP contribution in [0.2, 0.25) is 5.15 Å². The van der Waals surface area contributed by atoms with E-state index in [1.165, 1.54) is 11.1 Å². The van der Waals surface area contributed by atoms with Gasteiger partial charge in [-0.2, -0.15) is 18.6 Å². The maximum absolute atomic E-state index is 13.2. The van der Waals surface area contributed by atoms with E-state index in [0.717, 1.165) is 37.6 Å². The van der Waals surface area contributed by atoms with Gasteiger partial charge < -0.3 is 19.1 Å². The molecular weight excluding hydrogens is 709 g/mol. The third kappa shape index (κ3) is 10.4. The summed E-state index contributed by atoms with van der Waals surface area (Å²) in [6.07, 6.45) is 3.77. The first kappa shape index (κ1) is 38.9. The van der Waals surface area contributed by atoms with E-state index in [1.807, 2.05) is 25.7 Å². The molecule has 16 heteroatoms. The Morgan fingerprint density at radius 2 is 1.88 bits per heavy atom. The molecule has 4 heterocycles. The topological polar surface area (TPSA) is 118 Å². The molecule has 51 heavy (non-hydrogen) atoms. The lowest BCUT2D eigenvalue weighted by Gasteiger charge is -2.33. The monoisotopic (exact) mass is 754 g/mol. The largest absolute Gasteiger partial charge is 0.478 e. The van der Waals surface area contributed by atoms with Crippen molar-refractivity contribution in [3.05, 3.63) is 53.5 Å². The summed E-state index contributed by atoms with van der Waals surface area (Å²) in [5.74, 6) is 0.829. The van der Waals surface area contributed by atoms with Crippen LogP contribution in [0.15, 0.2) is 47.6 Å². The lowest BCUT2D eigenvalue weighted by molar-refractivity contribution is -0.192. The second kappa shape index (κ2) is 15.8. The SMILES string of the molecule is CC(C)(C)OC(=O)N1CC(CCCCOc2ccc(SNC(=O)c3ccc(N4C=CC(OCCC5(C(F)(F)F)CC5)N4)nc3Cl)cn2)CC1(C)C. The molecule has 2 atom stereocenters. The number of nitrogens with zero attached hydrogens (tertiary/aromatic N) is 4. The number of hydrogen-bond acceptors (Lipinski definition) is 10. The first-order valence-corrected chi connectivity index (χ1v) is 18.3. The van der Waals surface area contributed by atoms with Crippen molar-refractivity contribution in [1.82, 2.24) is 25.0 Å². The summed E-state index contributed by atoms with van der Waals surface area (Å²) in [6.45, 7) is 11.0. The molecule has 0 bridgehead atoms. The Morgan fingerprint density at radius 3 is 2.53 bits per heavy atom. The Kier molecular flexibility index (Phi) is 12.0. The number of aromatic nitrogens is 2. The molecule has 0 aromatic carbocycles. The van der Waals surface area contributed by atoms with Crippen LogP contribution >= 0.6 is 23.5 Å². The minimum absolute atomic E-state index is 0.0232. The normalized spacial score (nSPS) is 20.8. The van der Waals surface area contributed by atoms with Crippen molar-refractivity contribution in [2.75, 3.05) is 24.8 Å². The Bertz CT molecular complexity index is 1570. The van der Waals surface area contributed by atoms with E-state index < -0.39 is 29.3 Å². The minimum atomic E-state index is -4.21. The van der Waals surface area contributed by atoms with Crippen molar-refractivity contribution in [2.24, 2.45) is 11.3 Å². The van der Waals surface area contributed by atoms with Gasteiger partial charge in [0.25, 0.3) is 5.91 Å². The summed E-state index contributed by atoms with van der Waals surface area (Å²) in [6, 6.07) is 6.66. The van der Waals surface area contributed by atoms with Gasteiger partial charge in [0.1, 0.15) is 22.8 Å². The Balaban J connectivity index is 0.982. The van der Waals surface area contributed by atoms with E-state index in [0.29, 0.717) is 35.7 Å². The first-order valence-electron chi connectivity index (χ1n) is 17.1. The Labute approximate surface area is 306 Å². The number of hydrazine groups is 1. The number of unbranched alkanes of at least 4 members (excludes halogenated alkanes) is 1. The average Bonchev–Trinajstić information content (AvgIpc) is 3.59. The summed E-state index contributed by atoms with van der Waals surface area (Å²) in [4.78, 5) is 36.7. The van der Waals surface area contributed by atoms with Gasteiger partial charge in [0, 0.05) is 42.0 Å². The molecule has 1 saturated carbocycles. The Morgan fingerprint density at radius 1 is 1.12 bits per heavy atom. The summed E-state index contributed by atoms with van der Waals surface area (Å²) in [5.41, 5.74) is 0.777. The molecule has 2 aromatic heterocycles. The van der Waals surface area contributed by atoms with Crippen molar-refractivity contribution < 1.29 is 37.0 Å². The molecule has 280 valence electrons. The lowest BCUT2D eigenvalue weighted by Crippen LogP contribution is -2.45. The zero-order valence-electron chi connectivity index (χ0n) is 29.5. The molecule has 3 aliphatic rings. The number of carbonyl (C=O) groups is 2. The maximum atomic E-state index is 13.2. The number of amides is 2. The molecule has 2 aromatic rings. The van der Waals surface area contributed by atoms with Gasteiger partial charge in [0.05, 0.1) is 17.6 Å². The third-order valence-corrected chi connectivity index (χ3v) is 10.2. The molecule has 2 fully saturated rings. The molecule has 1 saturated heterocycles. The minimum Gasteiger partial charge on any atom is -0.478 e. The number of halogens is 4. The van der Waals surface area contributed by atoms with E-state index in [4.69, 9.17) is 25.8 Å². The molecule has 1 aliphatic carbocycles. The van der Waals surface area contributed by atoms with Crippen LogP contribution in [-0.4, -0.2) is 70.2 Å². The number of ether oxygens (including phenoxy) is 3. The summed E-state index contributed by atoms with van der Waals surface area (Å²) >= 11 is 7.41. The fourth-order valence-corrected chi connectivity index (χ4v) is 6.96. The summed E-state index contributed by atoms with van der Waals surface area (Å²) < 4.78 is 59.2. The zero-order chi connectivity index (χ0) is 37.0. The molecule has 2 aliphatic heterocycles. The summed E-state index contributed by atoms with van der Waals surface area (Å²) in [5, 5.41) is 1.50. The van der Waals surface area contributed by atoms with Crippen LogP contribution in [0, 0.1) is 11.3 Å². The number of carbonyl (C=O) groups excluding carboxylic acids is 2. The van der Waals surface area contributed by atoms with Crippen LogP contribution in [0.1, 0.15) is 89.9 Å². The Hall–Kier alpha value is -3.27. The maximum Gasteiger partial charge on any atom is 0.410 e. The number of rotatable bonds is 14. The molecule has 0 radical (unpaired) electrons. The van der Waals surface area contributed by atoms with Crippen LogP contribution in [-0.2, 0) is 9.47 Å². The van der Waals surface area contributed by atoms with E-state index in [2.05, 4.69) is 34.0 Å². The van der Waals surface area contributed by atoms with E-state index in [-0.39, 0.29) is 48.2 Å². The second-order valence-electron chi connectivity index (χ2n) is 14.9. The molecule has 2 amide bonds. The number of alkyl halides is 3. The van der Waals surface area contributed by atoms with Gasteiger partial charge in [0.2, 0.25) is 5.88 Å². The van der Waals surface area contributed by atoms with Gasteiger partial charge in [-0.05, 0) is 122 Å². The van der Waals surface area contributed by atoms with Crippen LogP contribution in [0.3, 0.4) is 0 Å². The first-order chi connectivity index (χ1) is 23.9. The van der Waals surface area contributed by atoms with Gasteiger partial charge in [-0.15, -0.1) is 0 Å². The van der Waals surface area contributed by atoms with Crippen molar-refractivity contribution in [1.29, 1.82) is 0 Å². The van der Waals surface area contributed by atoms with Crippen molar-refractivity contribution in [3.63, 3.8) is 0 Å². The molecule has 0 spiro atoms. The van der Waals surface area contributed by atoms with Gasteiger partial charge in [-0.1, -0.05) is 11.6 Å². The van der Waals surface area contributed by atoms with E-state index >= 15 is 0 Å². The fraction of sp³-hybridized carbons (Fsp3) is 0.600. The van der Waals surface area contributed by atoms with Gasteiger partial charge in [-0.25, -0.2) is 14.8 Å². The van der Waals surface area contributed by atoms with Crippen LogP contribution < -0.4 is 19.9 Å². The molecular formula is C35H46ClF3N6O5S. The highest BCUT2D eigenvalue weighted by Gasteiger charge is 2.62.